The number of allylic oxidation sites excluding steroid dienone is 2. The molecule has 10 atom stereocenters. The van der Waals surface area contributed by atoms with Crippen LogP contribution in [0.2, 0.25) is 0 Å². The summed E-state index contributed by atoms with van der Waals surface area (Å²) in [5.74, 6) is 1.54. The van der Waals surface area contributed by atoms with Gasteiger partial charge >= 0.3 is 11.9 Å². The Labute approximate surface area is 236 Å². The largest absolute Gasteiger partial charge is 0.463 e. The first-order valence-electron chi connectivity index (χ1n) is 15.9. The summed E-state index contributed by atoms with van der Waals surface area (Å²) in [6.07, 6.45) is 11.4. The SMILES string of the molecule is CCOC(=O)COC(=O)[C@]12CC[C@@H](C)[C@H](C)C1C1=CCC3[C@@]4(C)CC[C@H](O)C(C)(C)C4CC[C@@]3(C)[C@]1(C)CC2. The third-order valence-corrected chi connectivity index (χ3v) is 14.0. The second kappa shape index (κ2) is 9.60. The van der Waals surface area contributed by atoms with Crippen LogP contribution in [0.25, 0.3) is 0 Å². The molecule has 1 N–H and O–H groups in total. The Hall–Kier alpha value is -1.36. The number of esters is 2. The van der Waals surface area contributed by atoms with Crippen molar-refractivity contribution in [1.29, 1.82) is 0 Å². The van der Waals surface area contributed by atoms with Crippen molar-refractivity contribution in [1.82, 2.24) is 0 Å². The molecule has 0 aromatic rings. The molecule has 4 saturated carbocycles. The fraction of sp³-hybridized carbons (Fsp3) is 0.882. The summed E-state index contributed by atoms with van der Waals surface area (Å²) in [7, 11) is 0. The van der Waals surface area contributed by atoms with Gasteiger partial charge in [-0.3, -0.25) is 4.79 Å². The predicted octanol–water partition coefficient (Wildman–Crippen LogP) is 7.11. The number of rotatable bonds is 4. The van der Waals surface area contributed by atoms with Crippen LogP contribution in [-0.4, -0.2) is 36.4 Å². The molecule has 0 radical (unpaired) electrons. The van der Waals surface area contributed by atoms with E-state index in [0.717, 1.165) is 44.9 Å². The number of carbonyl (C=O) groups is 2. The van der Waals surface area contributed by atoms with Crippen molar-refractivity contribution in [3.05, 3.63) is 11.6 Å². The van der Waals surface area contributed by atoms with Crippen molar-refractivity contribution in [3.8, 4) is 0 Å². The van der Waals surface area contributed by atoms with Crippen molar-refractivity contribution < 1.29 is 24.2 Å². The first-order chi connectivity index (χ1) is 18.2. The van der Waals surface area contributed by atoms with Gasteiger partial charge in [0.05, 0.1) is 18.1 Å². The van der Waals surface area contributed by atoms with Crippen LogP contribution in [0.3, 0.4) is 0 Å². The van der Waals surface area contributed by atoms with E-state index < -0.39 is 11.4 Å². The van der Waals surface area contributed by atoms with Crippen LogP contribution in [0.15, 0.2) is 11.6 Å². The molecule has 5 aliphatic rings. The second-order valence-electron chi connectivity index (χ2n) is 15.6. The average Bonchev–Trinajstić information content (AvgIpc) is 2.88. The number of carbonyl (C=O) groups excluding carboxylic acids is 2. The highest BCUT2D eigenvalue weighted by atomic mass is 16.6. The normalized spacial score (nSPS) is 48.4. The number of aliphatic hydroxyl groups is 1. The van der Waals surface area contributed by atoms with Crippen molar-refractivity contribution in [3.63, 3.8) is 0 Å². The molecule has 0 heterocycles. The zero-order valence-corrected chi connectivity index (χ0v) is 25.9. The standard InChI is InChI=1S/C34H54O5/c1-9-38-27(36)20-39-29(37)34-17-12-21(2)22(3)28(34)23-10-11-25-31(6)15-14-26(35)30(4,5)24(31)13-16-33(25,8)32(23,7)18-19-34/h10,21-22,24-26,28,35H,9,11-20H2,1-8H3/t21-,22+,24?,25?,26+,28?,31+,32-,33-,34+/m1/s1. The third kappa shape index (κ3) is 3.94. The van der Waals surface area contributed by atoms with Gasteiger partial charge in [-0.1, -0.05) is 60.1 Å². The smallest absolute Gasteiger partial charge is 0.344 e. The van der Waals surface area contributed by atoms with Gasteiger partial charge in [-0.05, 0) is 116 Å². The van der Waals surface area contributed by atoms with Gasteiger partial charge in [-0.25, -0.2) is 4.79 Å². The topological polar surface area (TPSA) is 72.8 Å². The summed E-state index contributed by atoms with van der Waals surface area (Å²) < 4.78 is 10.8. The lowest BCUT2D eigenvalue weighted by molar-refractivity contribution is -0.207. The van der Waals surface area contributed by atoms with Crippen LogP contribution < -0.4 is 0 Å². The van der Waals surface area contributed by atoms with Crippen molar-refractivity contribution in [2.45, 2.75) is 119 Å². The monoisotopic (exact) mass is 542 g/mol. The van der Waals surface area contributed by atoms with Crippen LogP contribution in [0.1, 0.15) is 113 Å². The molecular weight excluding hydrogens is 488 g/mol. The molecule has 5 heteroatoms. The maximum absolute atomic E-state index is 13.9. The fourth-order valence-electron chi connectivity index (χ4n) is 11.3. The molecule has 3 unspecified atom stereocenters. The van der Waals surface area contributed by atoms with E-state index in [1.807, 2.05) is 0 Å². The van der Waals surface area contributed by atoms with E-state index >= 15 is 0 Å². The van der Waals surface area contributed by atoms with Crippen LogP contribution in [0, 0.1) is 56.7 Å². The minimum atomic E-state index is -0.551. The van der Waals surface area contributed by atoms with E-state index in [2.05, 4.69) is 54.5 Å². The molecule has 0 aromatic carbocycles. The summed E-state index contributed by atoms with van der Waals surface area (Å²) in [5, 5.41) is 11.0. The van der Waals surface area contributed by atoms with Crippen molar-refractivity contribution in [2.75, 3.05) is 13.2 Å². The van der Waals surface area contributed by atoms with E-state index in [0.29, 0.717) is 30.3 Å². The highest BCUT2D eigenvalue weighted by Gasteiger charge is 2.69. The number of hydrogen-bond donors (Lipinski definition) is 1. The molecule has 0 aromatic heterocycles. The molecule has 5 aliphatic carbocycles. The summed E-state index contributed by atoms with van der Waals surface area (Å²) in [6.45, 7) is 18.7. The molecule has 5 nitrogen and oxygen atoms in total. The van der Waals surface area contributed by atoms with Crippen LogP contribution in [0.4, 0.5) is 0 Å². The van der Waals surface area contributed by atoms with Gasteiger partial charge in [-0.15, -0.1) is 0 Å². The molecule has 4 fully saturated rings. The quantitative estimate of drug-likeness (QED) is 0.303. The molecule has 0 amide bonds. The number of hydrogen-bond acceptors (Lipinski definition) is 5. The summed E-state index contributed by atoms with van der Waals surface area (Å²) in [5.41, 5.74) is 1.30. The predicted molar refractivity (Wildman–Crippen MR) is 153 cm³/mol. The number of ether oxygens (including phenoxy) is 2. The maximum Gasteiger partial charge on any atom is 0.344 e. The van der Waals surface area contributed by atoms with Gasteiger partial charge in [0.15, 0.2) is 6.61 Å². The first kappa shape index (κ1) is 29.1. The van der Waals surface area contributed by atoms with Crippen LogP contribution >= 0.6 is 0 Å². The lowest BCUT2D eigenvalue weighted by atomic mass is 9.33. The van der Waals surface area contributed by atoms with Gasteiger partial charge in [-0.2, -0.15) is 0 Å². The minimum Gasteiger partial charge on any atom is -0.463 e. The molecular formula is C34H54O5. The Morgan fingerprint density at radius 1 is 0.923 bits per heavy atom. The van der Waals surface area contributed by atoms with E-state index in [1.54, 1.807) is 6.92 Å². The number of aliphatic hydroxyl groups excluding tert-OH is 1. The Morgan fingerprint density at radius 3 is 2.33 bits per heavy atom. The zero-order valence-electron chi connectivity index (χ0n) is 25.9. The van der Waals surface area contributed by atoms with Crippen LogP contribution in [-0.2, 0) is 19.1 Å². The molecule has 39 heavy (non-hydrogen) atoms. The van der Waals surface area contributed by atoms with Crippen LogP contribution in [0.5, 0.6) is 0 Å². The van der Waals surface area contributed by atoms with E-state index in [4.69, 9.17) is 9.47 Å². The Balaban J connectivity index is 1.53. The van der Waals surface area contributed by atoms with E-state index in [9.17, 15) is 14.7 Å². The van der Waals surface area contributed by atoms with Gasteiger partial charge in [0, 0.05) is 0 Å². The Morgan fingerprint density at radius 2 is 1.64 bits per heavy atom. The molecule has 0 spiro atoms. The van der Waals surface area contributed by atoms with Gasteiger partial charge in [0.25, 0.3) is 0 Å². The minimum absolute atomic E-state index is 0.0327. The molecule has 220 valence electrons. The fourth-order valence-corrected chi connectivity index (χ4v) is 11.3. The zero-order chi connectivity index (χ0) is 28.6. The number of fused-ring (bicyclic) bond motifs is 7. The second-order valence-corrected chi connectivity index (χ2v) is 15.6. The lowest BCUT2D eigenvalue weighted by Gasteiger charge is -2.71. The van der Waals surface area contributed by atoms with Crippen molar-refractivity contribution in [2.24, 2.45) is 56.7 Å². The highest BCUT2D eigenvalue weighted by Crippen LogP contribution is 2.75. The Kier molecular flexibility index (Phi) is 7.17. The molecule has 0 aliphatic heterocycles. The molecule has 5 rings (SSSR count). The van der Waals surface area contributed by atoms with E-state index in [1.165, 1.54) is 18.4 Å². The molecule has 0 saturated heterocycles. The Bertz CT molecular complexity index is 1030. The summed E-state index contributed by atoms with van der Waals surface area (Å²) in [6, 6.07) is 0. The van der Waals surface area contributed by atoms with E-state index in [-0.39, 0.29) is 46.3 Å². The maximum atomic E-state index is 13.9. The summed E-state index contributed by atoms with van der Waals surface area (Å²) >= 11 is 0. The highest BCUT2D eigenvalue weighted by molar-refractivity contribution is 5.82. The lowest BCUT2D eigenvalue weighted by Crippen LogP contribution is -2.65. The molecule has 0 bridgehead atoms. The summed E-state index contributed by atoms with van der Waals surface area (Å²) in [4.78, 5) is 26.0. The van der Waals surface area contributed by atoms with Gasteiger partial charge < -0.3 is 14.6 Å². The average molecular weight is 543 g/mol. The van der Waals surface area contributed by atoms with Crippen molar-refractivity contribution >= 4 is 11.9 Å². The van der Waals surface area contributed by atoms with Gasteiger partial charge in [0.2, 0.25) is 0 Å². The van der Waals surface area contributed by atoms with Gasteiger partial charge in [0.1, 0.15) is 0 Å². The first-order valence-corrected chi connectivity index (χ1v) is 15.9. The third-order valence-electron chi connectivity index (χ3n) is 14.0.